The first kappa shape index (κ1) is 14.9. The molecule has 0 saturated carbocycles. The van der Waals surface area contributed by atoms with Crippen LogP contribution in [0, 0.1) is 0 Å². The molecule has 0 aromatic carbocycles. The molecule has 9 heteroatoms. The molecule has 2 rings (SSSR count). The minimum Gasteiger partial charge on any atom is -0.481 e. The highest BCUT2D eigenvalue weighted by Crippen LogP contribution is 2.17. The Morgan fingerprint density at radius 2 is 2.30 bits per heavy atom. The van der Waals surface area contributed by atoms with Crippen molar-refractivity contribution in [1.82, 2.24) is 15.0 Å². The van der Waals surface area contributed by atoms with E-state index in [1.54, 1.807) is 4.90 Å². The van der Waals surface area contributed by atoms with Gasteiger partial charge >= 0.3 is 5.97 Å². The second kappa shape index (κ2) is 5.88. The zero-order chi connectivity index (χ0) is 14.8. The molecule has 1 unspecified atom stereocenters. The highest BCUT2D eigenvalue weighted by Gasteiger charge is 2.33. The van der Waals surface area contributed by atoms with Crippen molar-refractivity contribution < 1.29 is 22.8 Å². The molecule has 1 N–H and O–H groups in total. The molecular weight excluding hydrogens is 286 g/mol. The smallest absolute Gasteiger partial charge is 0.304 e. The number of aromatic nitrogens is 2. The van der Waals surface area contributed by atoms with Crippen LogP contribution in [0.5, 0.6) is 0 Å². The van der Waals surface area contributed by atoms with Crippen LogP contribution >= 0.6 is 0 Å². The topological polar surface area (TPSA) is 114 Å². The van der Waals surface area contributed by atoms with Gasteiger partial charge in [0.25, 0.3) is 0 Å². The van der Waals surface area contributed by atoms with Crippen molar-refractivity contribution in [2.24, 2.45) is 0 Å². The van der Waals surface area contributed by atoms with E-state index in [1.165, 1.54) is 0 Å². The zero-order valence-electron chi connectivity index (χ0n) is 11.2. The maximum atomic E-state index is 11.6. The first-order valence-electron chi connectivity index (χ1n) is 6.37. The van der Waals surface area contributed by atoms with E-state index in [-0.39, 0.29) is 31.0 Å². The molecule has 1 atom stereocenters. The molecule has 0 bridgehead atoms. The number of hydrogen-bond donors (Lipinski definition) is 1. The summed E-state index contributed by atoms with van der Waals surface area (Å²) >= 11 is 0. The third-order valence-corrected chi connectivity index (χ3v) is 4.92. The molecule has 2 heterocycles. The van der Waals surface area contributed by atoms with Crippen LogP contribution in [0.3, 0.4) is 0 Å². The van der Waals surface area contributed by atoms with Crippen LogP contribution in [0.25, 0.3) is 0 Å². The Labute approximate surface area is 116 Å². The van der Waals surface area contributed by atoms with E-state index >= 15 is 0 Å². The fourth-order valence-corrected chi connectivity index (χ4v) is 3.78. The van der Waals surface area contributed by atoms with Crippen LogP contribution in [-0.4, -0.2) is 58.6 Å². The summed E-state index contributed by atoms with van der Waals surface area (Å²) in [6.45, 7) is 2.46. The van der Waals surface area contributed by atoms with Gasteiger partial charge in [0.05, 0.1) is 24.5 Å². The average molecular weight is 303 g/mol. The third kappa shape index (κ3) is 3.76. The van der Waals surface area contributed by atoms with Crippen LogP contribution in [0.2, 0.25) is 0 Å². The molecule has 0 spiro atoms. The van der Waals surface area contributed by atoms with E-state index in [0.29, 0.717) is 18.1 Å². The highest BCUT2D eigenvalue weighted by molar-refractivity contribution is 7.91. The van der Waals surface area contributed by atoms with E-state index in [2.05, 4.69) is 10.1 Å². The largest absolute Gasteiger partial charge is 0.481 e. The molecule has 1 aromatic heterocycles. The number of hydrogen-bond acceptors (Lipinski definition) is 7. The Morgan fingerprint density at radius 3 is 2.90 bits per heavy atom. The highest BCUT2D eigenvalue weighted by atomic mass is 32.2. The number of carbonyl (C=O) groups is 1. The van der Waals surface area contributed by atoms with Gasteiger partial charge in [0, 0.05) is 19.0 Å². The van der Waals surface area contributed by atoms with Crippen molar-refractivity contribution in [1.29, 1.82) is 0 Å². The Kier molecular flexibility index (Phi) is 4.39. The zero-order valence-corrected chi connectivity index (χ0v) is 12.0. The Morgan fingerprint density at radius 1 is 1.55 bits per heavy atom. The number of carboxylic acid groups (broad SMARTS) is 1. The van der Waals surface area contributed by atoms with Gasteiger partial charge in [-0.1, -0.05) is 12.1 Å². The van der Waals surface area contributed by atoms with Crippen molar-refractivity contribution in [3.05, 3.63) is 11.7 Å². The number of nitrogens with zero attached hydrogens (tertiary/aromatic N) is 3. The van der Waals surface area contributed by atoms with Gasteiger partial charge < -0.3 is 9.63 Å². The Balaban J connectivity index is 2.09. The lowest BCUT2D eigenvalue weighted by Crippen LogP contribution is -2.48. The van der Waals surface area contributed by atoms with E-state index in [1.807, 2.05) is 6.92 Å². The molecule has 1 aliphatic rings. The monoisotopic (exact) mass is 303 g/mol. The minimum absolute atomic E-state index is 0.0257. The van der Waals surface area contributed by atoms with Crippen molar-refractivity contribution in [3.63, 3.8) is 0 Å². The second-order valence-corrected chi connectivity index (χ2v) is 7.02. The van der Waals surface area contributed by atoms with E-state index < -0.39 is 21.8 Å². The summed E-state index contributed by atoms with van der Waals surface area (Å²) in [6, 6.07) is -0.553. The van der Waals surface area contributed by atoms with Gasteiger partial charge in [-0.25, -0.2) is 8.42 Å². The SMILES string of the molecule is CCc1noc(CN2CCS(=O)(=O)CC2CC(=O)O)n1. The van der Waals surface area contributed by atoms with Crippen molar-refractivity contribution in [2.45, 2.75) is 32.4 Å². The lowest BCUT2D eigenvalue weighted by atomic mass is 10.2. The lowest BCUT2D eigenvalue weighted by Gasteiger charge is -2.33. The van der Waals surface area contributed by atoms with E-state index in [0.717, 1.165) is 0 Å². The Bertz CT molecular complexity index is 583. The van der Waals surface area contributed by atoms with E-state index in [4.69, 9.17) is 9.63 Å². The molecular formula is C11H17N3O5S. The number of aryl methyl sites for hydroxylation is 1. The molecule has 1 aromatic rings. The van der Waals surface area contributed by atoms with Gasteiger partial charge in [-0.2, -0.15) is 4.98 Å². The van der Waals surface area contributed by atoms with Crippen molar-refractivity contribution in [2.75, 3.05) is 18.1 Å². The molecule has 20 heavy (non-hydrogen) atoms. The summed E-state index contributed by atoms with van der Waals surface area (Å²) in [5, 5.41) is 12.7. The van der Waals surface area contributed by atoms with Crippen LogP contribution < -0.4 is 0 Å². The quantitative estimate of drug-likeness (QED) is 0.789. The van der Waals surface area contributed by atoms with Gasteiger partial charge in [0.1, 0.15) is 0 Å². The Hall–Kier alpha value is -1.48. The predicted molar refractivity (Wildman–Crippen MR) is 68.8 cm³/mol. The first-order chi connectivity index (χ1) is 9.39. The lowest BCUT2D eigenvalue weighted by molar-refractivity contribution is -0.138. The molecule has 8 nitrogen and oxygen atoms in total. The molecule has 1 saturated heterocycles. The number of carboxylic acids is 1. The van der Waals surface area contributed by atoms with Gasteiger partial charge in [0.15, 0.2) is 15.7 Å². The summed E-state index contributed by atoms with van der Waals surface area (Å²) < 4.78 is 28.3. The van der Waals surface area contributed by atoms with Crippen LogP contribution in [0.1, 0.15) is 25.1 Å². The van der Waals surface area contributed by atoms with Gasteiger partial charge in [0.2, 0.25) is 5.89 Å². The molecule has 0 amide bonds. The minimum atomic E-state index is -3.17. The average Bonchev–Trinajstić information content (AvgIpc) is 2.79. The summed E-state index contributed by atoms with van der Waals surface area (Å²) in [5.41, 5.74) is 0. The first-order valence-corrected chi connectivity index (χ1v) is 8.19. The number of aliphatic carboxylic acids is 1. The summed E-state index contributed by atoms with van der Waals surface area (Å²) in [6.07, 6.45) is 0.435. The fraction of sp³-hybridized carbons (Fsp3) is 0.727. The number of sulfone groups is 1. The maximum absolute atomic E-state index is 11.6. The summed E-state index contributed by atoms with van der Waals surface area (Å²) in [7, 11) is -3.17. The van der Waals surface area contributed by atoms with Crippen molar-refractivity contribution >= 4 is 15.8 Å². The number of rotatable bonds is 5. The summed E-state index contributed by atoms with van der Waals surface area (Å²) in [5.74, 6) is -0.167. The second-order valence-electron chi connectivity index (χ2n) is 4.79. The molecule has 1 fully saturated rings. The maximum Gasteiger partial charge on any atom is 0.304 e. The third-order valence-electron chi connectivity index (χ3n) is 3.23. The van der Waals surface area contributed by atoms with Crippen molar-refractivity contribution in [3.8, 4) is 0 Å². The molecule has 0 aliphatic carbocycles. The normalized spacial score (nSPS) is 22.8. The summed E-state index contributed by atoms with van der Waals surface area (Å²) in [4.78, 5) is 16.8. The van der Waals surface area contributed by atoms with Crippen LogP contribution in [0.15, 0.2) is 4.52 Å². The van der Waals surface area contributed by atoms with Crippen LogP contribution in [0.4, 0.5) is 0 Å². The predicted octanol–water partition coefficient (Wildman–Crippen LogP) is -0.294. The van der Waals surface area contributed by atoms with Gasteiger partial charge in [-0.3, -0.25) is 9.69 Å². The fourth-order valence-electron chi connectivity index (χ4n) is 2.19. The molecule has 112 valence electrons. The standard InChI is InChI=1S/C11H17N3O5S/c1-2-9-12-10(19-13-9)6-14-3-4-20(17,18)7-8(14)5-11(15)16/h8H,2-7H2,1H3,(H,15,16). The van der Waals surface area contributed by atoms with E-state index in [9.17, 15) is 13.2 Å². The molecule has 0 radical (unpaired) electrons. The van der Waals surface area contributed by atoms with Gasteiger partial charge in [-0.05, 0) is 0 Å². The molecule has 1 aliphatic heterocycles. The van der Waals surface area contributed by atoms with Gasteiger partial charge in [-0.15, -0.1) is 0 Å². The van der Waals surface area contributed by atoms with Crippen LogP contribution in [-0.2, 0) is 27.6 Å².